The van der Waals surface area contributed by atoms with E-state index >= 15 is 0 Å². The van der Waals surface area contributed by atoms with Crippen molar-refractivity contribution in [2.24, 2.45) is 5.92 Å². The molecule has 6 heteroatoms. The van der Waals surface area contributed by atoms with Crippen LogP contribution in [0.1, 0.15) is 12.5 Å². The summed E-state index contributed by atoms with van der Waals surface area (Å²) in [5.74, 6) is -0.630. The van der Waals surface area contributed by atoms with Crippen molar-refractivity contribution in [3.8, 4) is 11.5 Å². The van der Waals surface area contributed by atoms with Gasteiger partial charge in [-0.15, -0.1) is 0 Å². The van der Waals surface area contributed by atoms with Crippen LogP contribution in [0.3, 0.4) is 0 Å². The lowest BCUT2D eigenvalue weighted by Crippen LogP contribution is -2.23. The summed E-state index contributed by atoms with van der Waals surface area (Å²) in [4.78, 5) is 19.8. The number of carbonyl (C=O) groups is 1. The van der Waals surface area contributed by atoms with Crippen LogP contribution >= 0.6 is 0 Å². The van der Waals surface area contributed by atoms with E-state index in [1.54, 1.807) is 31.5 Å². The lowest BCUT2D eigenvalue weighted by molar-refractivity contribution is -0.119. The van der Waals surface area contributed by atoms with E-state index in [-0.39, 0.29) is 29.3 Å². The summed E-state index contributed by atoms with van der Waals surface area (Å²) >= 11 is 0. The zero-order valence-corrected chi connectivity index (χ0v) is 10.9. The summed E-state index contributed by atoms with van der Waals surface area (Å²) in [6.45, 7) is 1.77. The Bertz CT molecular complexity index is 602. The van der Waals surface area contributed by atoms with Gasteiger partial charge in [0.2, 0.25) is 11.9 Å². The van der Waals surface area contributed by atoms with Crippen LogP contribution in [0.2, 0.25) is 0 Å². The van der Waals surface area contributed by atoms with Crippen molar-refractivity contribution < 1.29 is 15.0 Å². The van der Waals surface area contributed by atoms with E-state index in [4.69, 9.17) is 0 Å². The predicted octanol–water partition coefficient (Wildman–Crippen LogP) is 1.71. The number of carbonyl (C=O) groups excluding carboxylic acids is 1. The minimum absolute atomic E-state index is 0.177. The van der Waals surface area contributed by atoms with Gasteiger partial charge < -0.3 is 10.2 Å². The number of aromatic hydroxyl groups is 2. The molecule has 6 nitrogen and oxygen atoms in total. The average molecular weight is 273 g/mol. The van der Waals surface area contributed by atoms with Gasteiger partial charge in [-0.1, -0.05) is 13.0 Å². The summed E-state index contributed by atoms with van der Waals surface area (Å²) in [6, 6.07) is 6.17. The first-order valence-electron chi connectivity index (χ1n) is 6.15. The van der Waals surface area contributed by atoms with E-state index in [0.29, 0.717) is 6.42 Å². The third kappa shape index (κ3) is 3.44. The number of benzene rings is 1. The van der Waals surface area contributed by atoms with Crippen LogP contribution in [0.15, 0.2) is 36.7 Å². The van der Waals surface area contributed by atoms with E-state index < -0.39 is 0 Å². The first-order chi connectivity index (χ1) is 9.56. The quantitative estimate of drug-likeness (QED) is 0.737. The Hall–Kier alpha value is -2.63. The number of nitrogens with zero attached hydrogens (tertiary/aromatic N) is 2. The predicted molar refractivity (Wildman–Crippen MR) is 73.3 cm³/mol. The standard InChI is InChI=1S/C14H15N3O3/c1-9(7-10-3-4-11(18)12(19)8-10)13(20)17-14-15-5-2-6-16-14/h2-6,8-9,18-19H,7H2,1H3,(H,15,16,17,20). The van der Waals surface area contributed by atoms with Crippen LogP contribution in [0, 0.1) is 5.92 Å². The SMILES string of the molecule is CC(Cc1ccc(O)c(O)c1)C(=O)Nc1ncccn1. The minimum atomic E-state index is -0.317. The van der Waals surface area contributed by atoms with Crippen molar-refractivity contribution in [2.75, 3.05) is 5.32 Å². The number of rotatable bonds is 4. The van der Waals surface area contributed by atoms with Crippen LogP contribution in [0.5, 0.6) is 11.5 Å². The molecule has 2 rings (SSSR count). The summed E-state index contributed by atoms with van der Waals surface area (Å²) in [6.07, 6.45) is 3.53. The Balaban J connectivity index is 1.98. The Labute approximate surface area is 116 Å². The zero-order chi connectivity index (χ0) is 14.5. The van der Waals surface area contributed by atoms with E-state index in [0.717, 1.165) is 5.56 Å². The molecule has 1 heterocycles. The smallest absolute Gasteiger partial charge is 0.229 e. The summed E-state index contributed by atoms with van der Waals surface area (Å²) in [5, 5.41) is 21.3. The molecule has 1 atom stereocenters. The maximum Gasteiger partial charge on any atom is 0.229 e. The van der Waals surface area contributed by atoms with Gasteiger partial charge in [0.25, 0.3) is 0 Å². The van der Waals surface area contributed by atoms with Gasteiger partial charge in [-0.05, 0) is 30.2 Å². The van der Waals surface area contributed by atoms with Crippen molar-refractivity contribution in [1.29, 1.82) is 0 Å². The summed E-state index contributed by atoms with van der Waals surface area (Å²) < 4.78 is 0. The lowest BCUT2D eigenvalue weighted by Gasteiger charge is -2.11. The van der Waals surface area contributed by atoms with Crippen LogP contribution < -0.4 is 5.32 Å². The highest BCUT2D eigenvalue weighted by molar-refractivity contribution is 5.90. The van der Waals surface area contributed by atoms with Crippen molar-refractivity contribution in [1.82, 2.24) is 9.97 Å². The molecule has 0 fully saturated rings. The van der Waals surface area contributed by atoms with E-state index in [9.17, 15) is 15.0 Å². The highest BCUT2D eigenvalue weighted by Gasteiger charge is 2.15. The maximum atomic E-state index is 12.0. The third-order valence-electron chi connectivity index (χ3n) is 2.83. The largest absolute Gasteiger partial charge is 0.504 e. The van der Waals surface area contributed by atoms with Crippen LogP contribution in [-0.2, 0) is 11.2 Å². The first-order valence-corrected chi connectivity index (χ1v) is 6.15. The van der Waals surface area contributed by atoms with E-state index in [2.05, 4.69) is 15.3 Å². The normalized spacial score (nSPS) is 11.8. The van der Waals surface area contributed by atoms with E-state index in [1.807, 2.05) is 0 Å². The molecule has 3 N–H and O–H groups in total. The Morgan fingerprint density at radius 1 is 1.25 bits per heavy atom. The number of phenolic OH excluding ortho intramolecular Hbond substituents is 2. The molecule has 20 heavy (non-hydrogen) atoms. The molecule has 1 aromatic carbocycles. The molecular weight excluding hydrogens is 258 g/mol. The van der Waals surface area contributed by atoms with Crippen LogP contribution in [0.4, 0.5) is 5.95 Å². The van der Waals surface area contributed by atoms with Gasteiger partial charge in [0, 0.05) is 18.3 Å². The fourth-order valence-corrected chi connectivity index (χ4v) is 1.74. The topological polar surface area (TPSA) is 95.3 Å². The first kappa shape index (κ1) is 13.8. The number of anilines is 1. The second-order valence-electron chi connectivity index (χ2n) is 4.49. The molecule has 0 aliphatic heterocycles. The minimum Gasteiger partial charge on any atom is -0.504 e. The van der Waals surface area contributed by atoms with Gasteiger partial charge in [0.05, 0.1) is 0 Å². The van der Waals surface area contributed by atoms with Gasteiger partial charge in [-0.25, -0.2) is 9.97 Å². The molecule has 0 spiro atoms. The third-order valence-corrected chi connectivity index (χ3v) is 2.83. The fraction of sp³-hybridized carbons (Fsp3) is 0.214. The number of hydrogen-bond donors (Lipinski definition) is 3. The molecule has 1 unspecified atom stereocenters. The van der Waals surface area contributed by atoms with Crippen molar-refractivity contribution in [2.45, 2.75) is 13.3 Å². The number of nitrogens with one attached hydrogen (secondary N) is 1. The van der Waals surface area contributed by atoms with Crippen molar-refractivity contribution >= 4 is 11.9 Å². The van der Waals surface area contributed by atoms with Gasteiger partial charge >= 0.3 is 0 Å². The lowest BCUT2D eigenvalue weighted by atomic mass is 10.00. The molecular formula is C14H15N3O3. The number of phenols is 2. The Morgan fingerprint density at radius 3 is 2.60 bits per heavy atom. The molecule has 1 amide bonds. The van der Waals surface area contributed by atoms with Crippen molar-refractivity contribution in [3.63, 3.8) is 0 Å². The van der Waals surface area contributed by atoms with Gasteiger partial charge in [-0.3, -0.25) is 10.1 Å². The molecule has 0 aliphatic carbocycles. The second-order valence-corrected chi connectivity index (χ2v) is 4.49. The molecule has 0 radical (unpaired) electrons. The Morgan fingerprint density at radius 2 is 1.95 bits per heavy atom. The van der Waals surface area contributed by atoms with Gasteiger partial charge in [0.1, 0.15) is 0 Å². The number of hydrogen-bond acceptors (Lipinski definition) is 5. The number of amides is 1. The molecule has 2 aromatic rings. The van der Waals surface area contributed by atoms with Crippen LogP contribution in [0.25, 0.3) is 0 Å². The summed E-state index contributed by atoms with van der Waals surface area (Å²) in [5.41, 5.74) is 0.761. The molecule has 104 valence electrons. The molecule has 1 aromatic heterocycles. The van der Waals surface area contributed by atoms with Crippen LogP contribution in [-0.4, -0.2) is 26.1 Å². The average Bonchev–Trinajstić information content (AvgIpc) is 2.44. The molecule has 0 aliphatic rings. The molecule has 0 saturated heterocycles. The molecule has 0 bridgehead atoms. The molecule has 0 saturated carbocycles. The van der Waals surface area contributed by atoms with Crippen molar-refractivity contribution in [3.05, 3.63) is 42.2 Å². The van der Waals surface area contributed by atoms with Gasteiger partial charge in [0.15, 0.2) is 11.5 Å². The zero-order valence-electron chi connectivity index (χ0n) is 10.9. The fourth-order valence-electron chi connectivity index (χ4n) is 1.74. The second kappa shape index (κ2) is 6.01. The Kier molecular flexibility index (Phi) is 4.14. The highest BCUT2D eigenvalue weighted by atomic mass is 16.3. The maximum absolute atomic E-state index is 12.0. The monoisotopic (exact) mass is 273 g/mol. The summed E-state index contributed by atoms with van der Waals surface area (Å²) in [7, 11) is 0. The highest BCUT2D eigenvalue weighted by Crippen LogP contribution is 2.26. The van der Waals surface area contributed by atoms with E-state index in [1.165, 1.54) is 12.1 Å². The van der Waals surface area contributed by atoms with Gasteiger partial charge in [-0.2, -0.15) is 0 Å². The number of aromatic nitrogens is 2.